The number of fused-ring (bicyclic) bond motifs is 1. The van der Waals surface area contributed by atoms with Gasteiger partial charge in [0.15, 0.2) is 0 Å². The highest BCUT2D eigenvalue weighted by Gasteiger charge is 2.11. The number of hydrogen-bond donors (Lipinski definition) is 4. The number of hydrogen-bond acceptors (Lipinski definition) is 6. The highest BCUT2D eigenvalue weighted by atomic mass is 16.5. The summed E-state index contributed by atoms with van der Waals surface area (Å²) < 4.78 is 5.44. The van der Waals surface area contributed by atoms with Crippen LogP contribution >= 0.6 is 0 Å². The second-order valence-electron chi connectivity index (χ2n) is 8.79. The van der Waals surface area contributed by atoms with Crippen molar-refractivity contribution in [1.82, 2.24) is 25.7 Å². The monoisotopic (exact) mass is 513 g/mol. The van der Waals surface area contributed by atoms with Crippen LogP contribution in [0, 0.1) is 0 Å². The molecule has 4 rings (SSSR count). The molecule has 196 valence electrons. The first kappa shape index (κ1) is 26.6. The van der Waals surface area contributed by atoms with E-state index in [0.717, 1.165) is 35.2 Å². The molecule has 9 nitrogen and oxygen atoms in total. The van der Waals surface area contributed by atoms with Crippen molar-refractivity contribution in [2.24, 2.45) is 0 Å². The molecule has 0 radical (unpaired) electrons. The number of pyridine rings is 1. The molecule has 38 heavy (non-hydrogen) atoms. The molecule has 0 fully saturated rings. The Morgan fingerprint density at radius 2 is 1.87 bits per heavy atom. The minimum atomic E-state index is -0.581. The first-order chi connectivity index (χ1) is 18.6. The summed E-state index contributed by atoms with van der Waals surface area (Å²) >= 11 is 0. The van der Waals surface area contributed by atoms with Gasteiger partial charge in [0.25, 0.3) is 5.91 Å². The summed E-state index contributed by atoms with van der Waals surface area (Å²) in [7, 11) is 0. The first-order valence-electron chi connectivity index (χ1n) is 12.4. The lowest BCUT2D eigenvalue weighted by atomic mass is 10.1. The highest BCUT2D eigenvalue weighted by molar-refractivity contribution is 5.90. The standard InChI is InChI=1S/C29H31N5O4/c35-28(33-37)12-11-22-7-9-23(10-8-22)21-34(15-13-25-20-31-27-6-2-1-5-26(25)27)16-17-38-29(36)32-19-24-4-3-14-30-18-24/h1-12,14,18,20,31,37H,13,15-17,19,21H2,(H,32,36)(H,33,35)/b12-11+. The quantitative estimate of drug-likeness (QED) is 0.129. The van der Waals surface area contributed by atoms with Crippen LogP contribution in [0.4, 0.5) is 4.79 Å². The van der Waals surface area contributed by atoms with Crippen LogP contribution in [0.3, 0.4) is 0 Å². The molecule has 4 aromatic rings. The average molecular weight is 514 g/mol. The number of alkyl carbamates (subject to hydrolysis) is 1. The number of ether oxygens (including phenoxy) is 1. The zero-order valence-electron chi connectivity index (χ0n) is 21.0. The summed E-state index contributed by atoms with van der Waals surface area (Å²) in [6.45, 7) is 2.63. The molecule has 2 heterocycles. The SMILES string of the molecule is O=C(/C=C/c1ccc(CN(CCOC(=O)NCc2cccnc2)CCc2c[nH]c3ccccc23)cc1)NO. The Hall–Kier alpha value is -4.47. The van der Waals surface area contributed by atoms with Crippen molar-refractivity contribution in [2.75, 3.05) is 19.7 Å². The summed E-state index contributed by atoms with van der Waals surface area (Å²) in [5.74, 6) is -0.581. The van der Waals surface area contributed by atoms with E-state index in [1.165, 1.54) is 17.0 Å². The van der Waals surface area contributed by atoms with E-state index in [1.54, 1.807) is 23.9 Å². The van der Waals surface area contributed by atoms with E-state index >= 15 is 0 Å². The van der Waals surface area contributed by atoms with Crippen LogP contribution < -0.4 is 10.8 Å². The van der Waals surface area contributed by atoms with Crippen molar-refractivity contribution in [3.05, 3.63) is 108 Å². The fraction of sp³-hybridized carbons (Fsp3) is 0.207. The Morgan fingerprint density at radius 1 is 1.03 bits per heavy atom. The van der Waals surface area contributed by atoms with Gasteiger partial charge in [0.05, 0.1) is 0 Å². The van der Waals surface area contributed by atoms with Crippen molar-refractivity contribution in [1.29, 1.82) is 0 Å². The van der Waals surface area contributed by atoms with Gasteiger partial charge in [-0.15, -0.1) is 0 Å². The number of aromatic nitrogens is 2. The smallest absolute Gasteiger partial charge is 0.407 e. The van der Waals surface area contributed by atoms with Gasteiger partial charge in [-0.05, 0) is 46.9 Å². The van der Waals surface area contributed by atoms with Crippen LogP contribution in [0.25, 0.3) is 17.0 Å². The summed E-state index contributed by atoms with van der Waals surface area (Å²) in [5.41, 5.74) is 6.76. The van der Waals surface area contributed by atoms with Crippen LogP contribution in [0.5, 0.6) is 0 Å². The zero-order chi connectivity index (χ0) is 26.6. The van der Waals surface area contributed by atoms with Gasteiger partial charge in [0.2, 0.25) is 0 Å². The van der Waals surface area contributed by atoms with E-state index < -0.39 is 12.0 Å². The van der Waals surface area contributed by atoms with E-state index in [9.17, 15) is 9.59 Å². The normalized spacial score (nSPS) is 11.2. The molecule has 2 aromatic carbocycles. The molecule has 2 aromatic heterocycles. The molecule has 0 bridgehead atoms. The number of carbonyl (C=O) groups excluding carboxylic acids is 2. The summed E-state index contributed by atoms with van der Waals surface area (Å²) in [5, 5.41) is 12.6. The van der Waals surface area contributed by atoms with E-state index in [2.05, 4.69) is 38.5 Å². The molecule has 0 saturated heterocycles. The molecule has 0 saturated carbocycles. The van der Waals surface area contributed by atoms with Crippen LogP contribution in [0.15, 0.2) is 85.3 Å². The number of H-pyrrole nitrogens is 1. The maximum Gasteiger partial charge on any atom is 0.407 e. The van der Waals surface area contributed by atoms with E-state index in [1.807, 2.05) is 48.5 Å². The third kappa shape index (κ3) is 8.02. The van der Waals surface area contributed by atoms with Gasteiger partial charge >= 0.3 is 6.09 Å². The van der Waals surface area contributed by atoms with Crippen molar-refractivity contribution < 1.29 is 19.5 Å². The van der Waals surface area contributed by atoms with Gasteiger partial charge in [0, 0.05) is 61.7 Å². The van der Waals surface area contributed by atoms with Crippen molar-refractivity contribution in [2.45, 2.75) is 19.5 Å². The number of rotatable bonds is 12. The molecule has 9 heteroatoms. The maximum atomic E-state index is 12.2. The predicted molar refractivity (Wildman–Crippen MR) is 145 cm³/mol. The van der Waals surface area contributed by atoms with E-state index in [-0.39, 0.29) is 6.61 Å². The molecular formula is C29H31N5O4. The van der Waals surface area contributed by atoms with Crippen molar-refractivity contribution >= 4 is 29.0 Å². The van der Waals surface area contributed by atoms with Crippen LogP contribution in [0.1, 0.15) is 22.3 Å². The van der Waals surface area contributed by atoms with Gasteiger partial charge in [-0.3, -0.25) is 19.9 Å². The lowest BCUT2D eigenvalue weighted by Crippen LogP contribution is -2.32. The number of hydroxylamine groups is 1. The van der Waals surface area contributed by atoms with Gasteiger partial charge in [-0.1, -0.05) is 48.5 Å². The molecule has 0 aliphatic carbocycles. The minimum Gasteiger partial charge on any atom is -0.448 e. The summed E-state index contributed by atoms with van der Waals surface area (Å²) in [4.78, 5) is 33.0. The van der Waals surface area contributed by atoms with E-state index in [0.29, 0.717) is 19.6 Å². The number of carbonyl (C=O) groups is 2. The van der Waals surface area contributed by atoms with Crippen molar-refractivity contribution in [3.63, 3.8) is 0 Å². The predicted octanol–water partition coefficient (Wildman–Crippen LogP) is 4.05. The summed E-state index contributed by atoms with van der Waals surface area (Å²) in [6, 6.07) is 19.8. The van der Waals surface area contributed by atoms with Gasteiger partial charge in [0.1, 0.15) is 6.61 Å². The molecule has 2 amide bonds. The average Bonchev–Trinajstić information content (AvgIpc) is 3.37. The number of benzene rings is 2. The Morgan fingerprint density at radius 3 is 2.66 bits per heavy atom. The number of nitrogens with one attached hydrogen (secondary N) is 3. The van der Waals surface area contributed by atoms with Crippen LogP contribution in [0.2, 0.25) is 0 Å². The van der Waals surface area contributed by atoms with Crippen molar-refractivity contribution in [3.8, 4) is 0 Å². The zero-order valence-corrected chi connectivity index (χ0v) is 21.0. The fourth-order valence-corrected chi connectivity index (χ4v) is 4.08. The lowest BCUT2D eigenvalue weighted by Gasteiger charge is -2.22. The first-order valence-corrected chi connectivity index (χ1v) is 12.4. The Balaban J connectivity index is 1.34. The second kappa shape index (κ2) is 13.7. The maximum absolute atomic E-state index is 12.2. The van der Waals surface area contributed by atoms with Crippen LogP contribution in [-0.4, -0.2) is 51.8 Å². The minimum absolute atomic E-state index is 0.254. The Labute approximate surface area is 221 Å². The molecule has 0 unspecified atom stereocenters. The Kier molecular flexibility index (Phi) is 9.61. The Bertz CT molecular complexity index is 1350. The fourth-order valence-electron chi connectivity index (χ4n) is 4.08. The number of para-hydroxylation sites is 1. The second-order valence-corrected chi connectivity index (χ2v) is 8.79. The summed E-state index contributed by atoms with van der Waals surface area (Å²) in [6.07, 6.45) is 8.71. The van der Waals surface area contributed by atoms with Gasteiger partial charge in [-0.2, -0.15) is 0 Å². The molecule has 4 N–H and O–H groups in total. The molecule has 0 aliphatic heterocycles. The number of aromatic amines is 1. The third-order valence-corrected chi connectivity index (χ3v) is 6.10. The third-order valence-electron chi connectivity index (χ3n) is 6.10. The molecule has 0 atom stereocenters. The lowest BCUT2D eigenvalue weighted by molar-refractivity contribution is -0.124. The molecular weight excluding hydrogens is 482 g/mol. The van der Waals surface area contributed by atoms with E-state index in [4.69, 9.17) is 9.94 Å². The highest BCUT2D eigenvalue weighted by Crippen LogP contribution is 2.19. The number of amides is 2. The van der Waals surface area contributed by atoms with Crippen LogP contribution in [-0.2, 0) is 29.0 Å². The van der Waals surface area contributed by atoms with Gasteiger partial charge < -0.3 is 15.0 Å². The topological polar surface area (TPSA) is 120 Å². The number of nitrogens with zero attached hydrogens (tertiary/aromatic N) is 2. The largest absolute Gasteiger partial charge is 0.448 e. The van der Waals surface area contributed by atoms with Gasteiger partial charge in [-0.25, -0.2) is 10.3 Å². The molecule has 0 aliphatic rings. The molecule has 0 spiro atoms.